The van der Waals surface area contributed by atoms with E-state index in [-0.39, 0.29) is 0 Å². The molecule has 0 saturated carbocycles. The van der Waals surface area contributed by atoms with Gasteiger partial charge >= 0.3 is 0 Å². The van der Waals surface area contributed by atoms with Gasteiger partial charge in [-0.25, -0.2) is 0 Å². The summed E-state index contributed by atoms with van der Waals surface area (Å²) in [6.07, 6.45) is 0. The summed E-state index contributed by atoms with van der Waals surface area (Å²) in [5.74, 6) is 0. The fraction of sp³-hybridized carbons (Fsp3) is 0. The van der Waals surface area contributed by atoms with E-state index in [1.54, 1.807) is 0 Å². The third-order valence-corrected chi connectivity index (χ3v) is 6.69. The van der Waals surface area contributed by atoms with Crippen LogP contribution >= 0.6 is 0 Å². The van der Waals surface area contributed by atoms with Crippen molar-refractivity contribution in [2.24, 2.45) is 0 Å². The van der Waals surface area contributed by atoms with Crippen LogP contribution in [0.1, 0.15) is 0 Å². The van der Waals surface area contributed by atoms with Crippen LogP contribution in [0.25, 0.3) is 33.4 Å². The van der Waals surface area contributed by atoms with Crippen molar-refractivity contribution in [3.05, 3.63) is 164 Å². The van der Waals surface area contributed by atoms with Crippen LogP contribution in [0.2, 0.25) is 0 Å². The van der Waals surface area contributed by atoms with Crippen LogP contribution in [-0.2, 0) is 0 Å². The Hall–Kier alpha value is -4.88. The molecule has 0 N–H and O–H groups in total. The van der Waals surface area contributed by atoms with E-state index in [0.717, 1.165) is 17.1 Å². The number of rotatable bonds is 6. The number of anilines is 3. The minimum Gasteiger partial charge on any atom is -0.309 e. The SMILES string of the molecule is c1ccc(-c2ccccc2N(c2ccccc2-c2ccccc2)c2ccccc2-c2ccccc2)cc1. The molecule has 0 aliphatic rings. The van der Waals surface area contributed by atoms with Crippen LogP contribution < -0.4 is 4.90 Å². The molecular formula is C36H27N. The first-order chi connectivity index (χ1) is 18.4. The molecule has 1 heteroatoms. The highest BCUT2D eigenvalue weighted by molar-refractivity contribution is 5.97. The van der Waals surface area contributed by atoms with Crippen molar-refractivity contribution in [2.75, 3.05) is 4.90 Å². The lowest BCUT2D eigenvalue weighted by molar-refractivity contribution is 1.28. The second-order valence-electron chi connectivity index (χ2n) is 8.98. The molecule has 37 heavy (non-hydrogen) atoms. The predicted molar refractivity (Wildman–Crippen MR) is 157 cm³/mol. The molecule has 0 radical (unpaired) electrons. The molecule has 0 amide bonds. The summed E-state index contributed by atoms with van der Waals surface area (Å²) in [6.45, 7) is 0. The summed E-state index contributed by atoms with van der Waals surface area (Å²) in [5, 5.41) is 0. The van der Waals surface area contributed by atoms with Crippen LogP contribution in [0.4, 0.5) is 17.1 Å². The Kier molecular flexibility index (Phi) is 6.34. The van der Waals surface area contributed by atoms with Crippen LogP contribution in [0.15, 0.2) is 164 Å². The molecule has 1 nitrogen and oxygen atoms in total. The van der Waals surface area contributed by atoms with Crippen LogP contribution in [0.5, 0.6) is 0 Å². The van der Waals surface area contributed by atoms with E-state index in [2.05, 4.69) is 169 Å². The largest absolute Gasteiger partial charge is 0.309 e. The summed E-state index contributed by atoms with van der Waals surface area (Å²) in [5.41, 5.74) is 10.6. The molecule has 0 fully saturated rings. The van der Waals surface area contributed by atoms with Gasteiger partial charge in [0, 0.05) is 16.7 Å². The predicted octanol–water partition coefficient (Wildman–Crippen LogP) is 10.2. The zero-order valence-corrected chi connectivity index (χ0v) is 20.5. The van der Waals surface area contributed by atoms with E-state index in [4.69, 9.17) is 0 Å². The smallest absolute Gasteiger partial charge is 0.0540 e. The van der Waals surface area contributed by atoms with Gasteiger partial charge in [0.2, 0.25) is 0 Å². The summed E-state index contributed by atoms with van der Waals surface area (Å²) in [4.78, 5) is 2.42. The minimum absolute atomic E-state index is 1.14. The Bertz CT molecular complexity index is 1410. The normalized spacial score (nSPS) is 10.7. The zero-order chi connectivity index (χ0) is 24.9. The molecule has 0 atom stereocenters. The molecule has 176 valence electrons. The van der Waals surface area contributed by atoms with Gasteiger partial charge in [-0.1, -0.05) is 146 Å². The Morgan fingerprint density at radius 2 is 0.486 bits per heavy atom. The van der Waals surface area contributed by atoms with Gasteiger partial charge in [0.1, 0.15) is 0 Å². The number of nitrogens with zero attached hydrogens (tertiary/aromatic N) is 1. The van der Waals surface area contributed by atoms with E-state index in [9.17, 15) is 0 Å². The molecule has 0 spiro atoms. The van der Waals surface area contributed by atoms with Crippen molar-refractivity contribution in [2.45, 2.75) is 0 Å². The molecule has 0 aliphatic heterocycles. The number of hydrogen-bond donors (Lipinski definition) is 0. The topological polar surface area (TPSA) is 3.24 Å². The summed E-state index contributed by atoms with van der Waals surface area (Å²) in [7, 11) is 0. The Morgan fingerprint density at radius 1 is 0.243 bits per heavy atom. The van der Waals surface area contributed by atoms with Gasteiger partial charge in [-0.2, -0.15) is 0 Å². The highest BCUT2D eigenvalue weighted by Crippen LogP contribution is 2.47. The fourth-order valence-electron chi connectivity index (χ4n) is 4.98. The van der Waals surface area contributed by atoms with Gasteiger partial charge in [-0.15, -0.1) is 0 Å². The lowest BCUT2D eigenvalue weighted by Crippen LogP contribution is -2.13. The monoisotopic (exact) mass is 473 g/mol. The molecule has 0 aromatic heterocycles. The molecule has 0 aliphatic carbocycles. The van der Waals surface area contributed by atoms with Crippen molar-refractivity contribution >= 4 is 17.1 Å². The van der Waals surface area contributed by atoms with Crippen molar-refractivity contribution in [1.82, 2.24) is 0 Å². The maximum Gasteiger partial charge on any atom is 0.0540 e. The first kappa shape index (κ1) is 22.6. The van der Waals surface area contributed by atoms with Gasteiger partial charge in [-0.05, 0) is 34.9 Å². The second kappa shape index (κ2) is 10.4. The first-order valence-corrected chi connectivity index (χ1v) is 12.6. The summed E-state index contributed by atoms with van der Waals surface area (Å²) >= 11 is 0. The first-order valence-electron chi connectivity index (χ1n) is 12.6. The average Bonchev–Trinajstić information content (AvgIpc) is 2.99. The molecule has 0 heterocycles. The molecule has 0 bridgehead atoms. The highest BCUT2D eigenvalue weighted by atomic mass is 15.1. The highest BCUT2D eigenvalue weighted by Gasteiger charge is 2.22. The number of benzene rings is 6. The Labute approximate surface area is 218 Å². The average molecular weight is 474 g/mol. The van der Waals surface area contributed by atoms with E-state index < -0.39 is 0 Å². The van der Waals surface area contributed by atoms with Crippen LogP contribution in [0.3, 0.4) is 0 Å². The van der Waals surface area contributed by atoms with Crippen molar-refractivity contribution in [1.29, 1.82) is 0 Å². The number of para-hydroxylation sites is 3. The maximum atomic E-state index is 2.42. The lowest BCUT2D eigenvalue weighted by Gasteiger charge is -2.31. The third kappa shape index (κ3) is 4.55. The van der Waals surface area contributed by atoms with Crippen LogP contribution in [0, 0.1) is 0 Å². The Balaban J connectivity index is 1.66. The maximum absolute atomic E-state index is 2.42. The van der Waals surface area contributed by atoms with Crippen molar-refractivity contribution in [3.8, 4) is 33.4 Å². The summed E-state index contributed by atoms with van der Waals surface area (Å²) < 4.78 is 0. The second-order valence-corrected chi connectivity index (χ2v) is 8.98. The molecule has 6 aromatic carbocycles. The van der Waals surface area contributed by atoms with Gasteiger partial charge < -0.3 is 4.90 Å². The van der Waals surface area contributed by atoms with Crippen molar-refractivity contribution in [3.63, 3.8) is 0 Å². The van der Waals surface area contributed by atoms with Crippen LogP contribution in [-0.4, -0.2) is 0 Å². The molecule has 0 saturated heterocycles. The van der Waals surface area contributed by atoms with E-state index in [0.29, 0.717) is 0 Å². The Morgan fingerprint density at radius 3 is 0.784 bits per heavy atom. The molecule has 6 aromatic rings. The van der Waals surface area contributed by atoms with E-state index in [1.165, 1.54) is 33.4 Å². The third-order valence-electron chi connectivity index (χ3n) is 6.69. The standard InChI is InChI=1S/C36H27N/c1-4-16-28(17-5-1)31-22-10-13-25-34(31)37(35-26-14-11-23-32(35)29-18-6-2-7-19-29)36-27-15-12-24-33(36)30-20-8-3-9-21-30/h1-27H. The quantitative estimate of drug-likeness (QED) is 0.233. The lowest BCUT2D eigenvalue weighted by atomic mass is 9.96. The minimum atomic E-state index is 1.14. The molecule has 6 rings (SSSR count). The molecule has 0 unspecified atom stereocenters. The zero-order valence-electron chi connectivity index (χ0n) is 20.5. The van der Waals surface area contributed by atoms with Gasteiger partial charge in [0.05, 0.1) is 17.1 Å². The number of hydrogen-bond acceptors (Lipinski definition) is 1. The van der Waals surface area contributed by atoms with Gasteiger partial charge in [0.15, 0.2) is 0 Å². The van der Waals surface area contributed by atoms with Gasteiger partial charge in [-0.3, -0.25) is 0 Å². The van der Waals surface area contributed by atoms with E-state index >= 15 is 0 Å². The van der Waals surface area contributed by atoms with E-state index in [1.807, 2.05) is 0 Å². The van der Waals surface area contributed by atoms with Crippen molar-refractivity contribution < 1.29 is 0 Å². The summed E-state index contributed by atoms with van der Waals surface area (Å²) in [6, 6.07) is 58.0. The fourth-order valence-corrected chi connectivity index (χ4v) is 4.98. The molecular weight excluding hydrogens is 446 g/mol. The van der Waals surface area contributed by atoms with Gasteiger partial charge in [0.25, 0.3) is 0 Å².